The van der Waals surface area contributed by atoms with E-state index in [9.17, 15) is 9.18 Å². The van der Waals surface area contributed by atoms with Crippen LogP contribution in [0.5, 0.6) is 0 Å². The summed E-state index contributed by atoms with van der Waals surface area (Å²) in [6.07, 6.45) is 5.16. The minimum Gasteiger partial charge on any atom is -0.334 e. The molecule has 3 aromatic heterocycles. The Morgan fingerprint density at radius 2 is 1.97 bits per heavy atom. The average molecular weight is 500 g/mol. The highest BCUT2D eigenvalue weighted by Gasteiger charge is 2.22. The Kier molecular flexibility index (Phi) is 6.80. The SMILES string of the molecule is CN(C)CCCn1c(SCc2noc(-c3ccc(F)cc3)n2)nc2sc3c(c2c1=O)CCCC3. The van der Waals surface area contributed by atoms with Crippen LogP contribution >= 0.6 is 23.1 Å². The Morgan fingerprint density at radius 1 is 1.18 bits per heavy atom. The maximum atomic E-state index is 13.6. The second kappa shape index (κ2) is 9.97. The zero-order chi connectivity index (χ0) is 23.7. The third kappa shape index (κ3) is 4.80. The third-order valence-corrected chi connectivity index (χ3v) is 8.07. The molecule has 0 spiro atoms. The van der Waals surface area contributed by atoms with E-state index in [1.165, 1.54) is 40.8 Å². The Bertz CT molecular complexity index is 1360. The first-order valence-electron chi connectivity index (χ1n) is 11.4. The molecule has 5 rings (SSSR count). The Morgan fingerprint density at radius 3 is 2.76 bits per heavy atom. The zero-order valence-corrected chi connectivity index (χ0v) is 20.8. The van der Waals surface area contributed by atoms with E-state index in [0.717, 1.165) is 42.4 Å². The van der Waals surface area contributed by atoms with Gasteiger partial charge in [-0.1, -0.05) is 16.9 Å². The molecule has 0 aliphatic heterocycles. The molecule has 34 heavy (non-hydrogen) atoms. The Balaban J connectivity index is 1.43. The number of aromatic nitrogens is 4. The van der Waals surface area contributed by atoms with Crippen LogP contribution in [0.15, 0.2) is 38.7 Å². The zero-order valence-electron chi connectivity index (χ0n) is 19.2. The summed E-state index contributed by atoms with van der Waals surface area (Å²) in [6, 6.07) is 5.94. The highest BCUT2D eigenvalue weighted by atomic mass is 32.2. The van der Waals surface area contributed by atoms with Crippen molar-refractivity contribution in [2.75, 3.05) is 20.6 Å². The maximum absolute atomic E-state index is 13.6. The number of rotatable bonds is 8. The second-order valence-electron chi connectivity index (χ2n) is 8.71. The molecule has 0 atom stereocenters. The number of aryl methyl sites for hydroxylation is 2. The molecule has 0 bridgehead atoms. The fourth-order valence-electron chi connectivity index (χ4n) is 4.22. The summed E-state index contributed by atoms with van der Waals surface area (Å²) in [5, 5.41) is 5.56. The molecule has 3 heterocycles. The number of halogens is 1. The first-order valence-corrected chi connectivity index (χ1v) is 13.2. The van der Waals surface area contributed by atoms with E-state index in [4.69, 9.17) is 9.51 Å². The van der Waals surface area contributed by atoms with E-state index >= 15 is 0 Å². The smallest absolute Gasteiger partial charge is 0.263 e. The van der Waals surface area contributed by atoms with Gasteiger partial charge in [-0.3, -0.25) is 9.36 Å². The normalized spacial score (nSPS) is 13.6. The largest absolute Gasteiger partial charge is 0.334 e. The summed E-state index contributed by atoms with van der Waals surface area (Å²) >= 11 is 3.11. The van der Waals surface area contributed by atoms with Crippen LogP contribution in [-0.4, -0.2) is 45.2 Å². The Hall–Kier alpha value is -2.56. The average Bonchev–Trinajstić information content (AvgIpc) is 3.44. The molecule has 10 heteroatoms. The van der Waals surface area contributed by atoms with Gasteiger partial charge in [0.25, 0.3) is 11.4 Å². The topological polar surface area (TPSA) is 77.1 Å². The monoisotopic (exact) mass is 499 g/mol. The second-order valence-corrected chi connectivity index (χ2v) is 10.7. The minimum absolute atomic E-state index is 0.0609. The molecule has 0 amide bonds. The first kappa shape index (κ1) is 23.2. The lowest BCUT2D eigenvalue weighted by Gasteiger charge is -2.14. The molecule has 1 aliphatic rings. The summed E-state index contributed by atoms with van der Waals surface area (Å²) in [7, 11) is 4.06. The molecule has 1 aliphatic carbocycles. The standard InChI is InChI=1S/C24H26FN5O2S2/c1-29(2)12-5-13-30-23(31)20-17-6-3-4-7-18(17)34-22(20)27-24(30)33-14-19-26-21(32-28-19)15-8-10-16(25)11-9-15/h8-11H,3-7,12-14H2,1-2H3. The predicted molar refractivity (Wildman–Crippen MR) is 133 cm³/mol. The van der Waals surface area contributed by atoms with Crippen LogP contribution in [0, 0.1) is 5.82 Å². The van der Waals surface area contributed by atoms with Gasteiger partial charge < -0.3 is 9.42 Å². The van der Waals surface area contributed by atoms with Crippen LogP contribution in [0.2, 0.25) is 0 Å². The molecule has 0 saturated carbocycles. The number of benzene rings is 1. The van der Waals surface area contributed by atoms with E-state index in [0.29, 0.717) is 34.7 Å². The first-order chi connectivity index (χ1) is 16.5. The van der Waals surface area contributed by atoms with Gasteiger partial charge in [-0.25, -0.2) is 9.37 Å². The van der Waals surface area contributed by atoms with Gasteiger partial charge in [-0.2, -0.15) is 4.98 Å². The van der Waals surface area contributed by atoms with Crippen molar-refractivity contribution in [1.29, 1.82) is 0 Å². The van der Waals surface area contributed by atoms with Crippen LogP contribution in [0.25, 0.3) is 21.7 Å². The van der Waals surface area contributed by atoms with Crippen molar-refractivity contribution in [2.45, 2.75) is 49.6 Å². The fraction of sp³-hybridized carbons (Fsp3) is 0.417. The number of thiophene rings is 1. The molecule has 178 valence electrons. The lowest BCUT2D eigenvalue weighted by molar-refractivity contribution is 0.379. The van der Waals surface area contributed by atoms with E-state index in [1.54, 1.807) is 23.5 Å². The van der Waals surface area contributed by atoms with E-state index in [2.05, 4.69) is 15.0 Å². The molecule has 0 saturated heterocycles. The van der Waals surface area contributed by atoms with Gasteiger partial charge in [-0.05, 0) is 82.6 Å². The lowest BCUT2D eigenvalue weighted by Crippen LogP contribution is -2.26. The van der Waals surface area contributed by atoms with Gasteiger partial charge in [0.05, 0.1) is 11.1 Å². The molecule has 4 aromatic rings. The van der Waals surface area contributed by atoms with Crippen molar-refractivity contribution >= 4 is 33.3 Å². The van der Waals surface area contributed by atoms with E-state index < -0.39 is 0 Å². The predicted octanol–water partition coefficient (Wildman–Crippen LogP) is 4.77. The summed E-state index contributed by atoms with van der Waals surface area (Å²) in [4.78, 5) is 27.2. The number of fused-ring (bicyclic) bond motifs is 3. The summed E-state index contributed by atoms with van der Waals surface area (Å²) in [5.74, 6) is 0.946. The van der Waals surface area contributed by atoms with E-state index in [1.807, 2.05) is 18.7 Å². The molecule has 1 aromatic carbocycles. The quantitative estimate of drug-likeness (QED) is 0.255. The molecular formula is C24H26FN5O2S2. The summed E-state index contributed by atoms with van der Waals surface area (Å²) in [6.45, 7) is 1.50. The van der Waals surface area contributed by atoms with Crippen molar-refractivity contribution in [3.05, 3.63) is 56.7 Å². The molecule has 0 radical (unpaired) electrons. The molecule has 0 unspecified atom stereocenters. The van der Waals surface area contributed by atoms with Gasteiger partial charge in [0, 0.05) is 17.0 Å². The van der Waals surface area contributed by atoms with Gasteiger partial charge in [0.15, 0.2) is 11.0 Å². The van der Waals surface area contributed by atoms with Crippen LogP contribution in [0.1, 0.15) is 35.5 Å². The Labute approximate surface area is 205 Å². The van der Waals surface area contributed by atoms with Crippen LogP contribution in [0.4, 0.5) is 4.39 Å². The number of hydrogen-bond donors (Lipinski definition) is 0. The van der Waals surface area contributed by atoms with Gasteiger partial charge in [0.2, 0.25) is 0 Å². The fourth-order valence-corrected chi connectivity index (χ4v) is 6.39. The molecule has 7 nitrogen and oxygen atoms in total. The van der Waals surface area contributed by atoms with Crippen molar-refractivity contribution in [3.63, 3.8) is 0 Å². The summed E-state index contributed by atoms with van der Waals surface area (Å²) < 4.78 is 20.4. The number of hydrogen-bond acceptors (Lipinski definition) is 8. The highest BCUT2D eigenvalue weighted by molar-refractivity contribution is 7.98. The van der Waals surface area contributed by atoms with Gasteiger partial charge >= 0.3 is 0 Å². The minimum atomic E-state index is -0.317. The van der Waals surface area contributed by atoms with Crippen LogP contribution in [0.3, 0.4) is 0 Å². The molecule has 0 fully saturated rings. The van der Waals surface area contributed by atoms with Crippen molar-refractivity contribution in [3.8, 4) is 11.5 Å². The maximum Gasteiger partial charge on any atom is 0.263 e. The van der Waals surface area contributed by atoms with Gasteiger partial charge in [0.1, 0.15) is 10.6 Å². The summed E-state index contributed by atoms with van der Waals surface area (Å²) in [5.41, 5.74) is 1.93. The third-order valence-electron chi connectivity index (χ3n) is 5.92. The number of thioether (sulfide) groups is 1. The number of nitrogens with zero attached hydrogens (tertiary/aromatic N) is 5. The van der Waals surface area contributed by atoms with Crippen molar-refractivity contribution < 1.29 is 8.91 Å². The van der Waals surface area contributed by atoms with Crippen molar-refractivity contribution in [1.82, 2.24) is 24.6 Å². The highest BCUT2D eigenvalue weighted by Crippen LogP contribution is 2.35. The van der Waals surface area contributed by atoms with Crippen LogP contribution < -0.4 is 5.56 Å². The van der Waals surface area contributed by atoms with Crippen molar-refractivity contribution in [2.24, 2.45) is 0 Å². The lowest BCUT2D eigenvalue weighted by atomic mass is 9.97. The molecular weight excluding hydrogens is 473 g/mol. The molecule has 0 N–H and O–H groups in total. The van der Waals surface area contributed by atoms with E-state index in [-0.39, 0.29) is 11.4 Å². The van der Waals surface area contributed by atoms with Gasteiger partial charge in [-0.15, -0.1) is 11.3 Å². The van der Waals surface area contributed by atoms with Crippen LogP contribution in [-0.2, 0) is 25.1 Å².